The summed E-state index contributed by atoms with van der Waals surface area (Å²) < 4.78 is 0. The zero-order valence-corrected chi connectivity index (χ0v) is 12.9. The van der Waals surface area contributed by atoms with Gasteiger partial charge in [-0.3, -0.25) is 9.69 Å². The molecule has 0 aliphatic rings. The monoisotopic (exact) mass is 261 g/mol. The fraction of sp³-hybridized carbons (Fsp3) is 0.588. The lowest BCUT2D eigenvalue weighted by atomic mass is 10.0. The van der Waals surface area contributed by atoms with Gasteiger partial charge in [-0.05, 0) is 24.3 Å². The predicted molar refractivity (Wildman–Crippen MR) is 81.6 cm³/mol. The molecule has 19 heavy (non-hydrogen) atoms. The number of carbonyl (C=O) groups is 1. The molecule has 0 radical (unpaired) electrons. The van der Waals surface area contributed by atoms with Crippen LogP contribution in [-0.2, 0) is 0 Å². The second kappa shape index (κ2) is 7.44. The molecular formula is C17H27NO. The summed E-state index contributed by atoms with van der Waals surface area (Å²) in [4.78, 5) is 14.7. The van der Waals surface area contributed by atoms with E-state index in [-0.39, 0.29) is 5.78 Å². The van der Waals surface area contributed by atoms with Crippen LogP contribution in [0, 0.1) is 18.8 Å². The Labute approximate surface area is 117 Å². The molecule has 0 aliphatic carbocycles. The summed E-state index contributed by atoms with van der Waals surface area (Å²) in [6, 6.07) is 7.85. The van der Waals surface area contributed by atoms with E-state index in [0.717, 1.165) is 24.2 Å². The Balaban J connectivity index is 2.73. The standard InChI is InChI=1S/C17H27NO/c1-13(2)10-18(11-14(3)4)12-17(19)16-9-7-6-8-15(16)5/h6-9,13-14H,10-12H2,1-5H3. The van der Waals surface area contributed by atoms with Crippen LogP contribution in [0.2, 0.25) is 0 Å². The molecule has 0 amide bonds. The molecule has 1 aromatic rings. The molecule has 1 rings (SSSR count). The summed E-state index contributed by atoms with van der Waals surface area (Å²) in [5.41, 5.74) is 1.93. The van der Waals surface area contributed by atoms with Gasteiger partial charge in [0.15, 0.2) is 5.78 Å². The van der Waals surface area contributed by atoms with Gasteiger partial charge in [-0.2, -0.15) is 0 Å². The smallest absolute Gasteiger partial charge is 0.177 e. The minimum atomic E-state index is 0.236. The van der Waals surface area contributed by atoms with E-state index in [1.807, 2.05) is 31.2 Å². The number of hydrogen-bond acceptors (Lipinski definition) is 2. The molecular weight excluding hydrogens is 234 g/mol. The fourth-order valence-electron chi connectivity index (χ4n) is 2.41. The molecule has 0 spiro atoms. The second-order valence-corrected chi connectivity index (χ2v) is 6.22. The quantitative estimate of drug-likeness (QED) is 0.696. The van der Waals surface area contributed by atoms with Gasteiger partial charge in [0.1, 0.15) is 0 Å². The Morgan fingerprint density at radius 2 is 1.58 bits per heavy atom. The first-order valence-electron chi connectivity index (χ1n) is 7.21. The lowest BCUT2D eigenvalue weighted by Crippen LogP contribution is -2.36. The van der Waals surface area contributed by atoms with Gasteiger partial charge in [0.05, 0.1) is 6.54 Å². The number of ketones is 1. The Kier molecular flexibility index (Phi) is 6.23. The van der Waals surface area contributed by atoms with E-state index >= 15 is 0 Å². The molecule has 0 aliphatic heterocycles. The Hall–Kier alpha value is -1.15. The zero-order valence-electron chi connectivity index (χ0n) is 12.9. The molecule has 0 saturated carbocycles. The summed E-state index contributed by atoms with van der Waals surface area (Å²) in [7, 11) is 0. The Morgan fingerprint density at radius 3 is 2.05 bits per heavy atom. The van der Waals surface area contributed by atoms with E-state index in [1.165, 1.54) is 0 Å². The average Bonchev–Trinajstić information content (AvgIpc) is 2.27. The molecule has 0 aromatic heterocycles. The lowest BCUT2D eigenvalue weighted by molar-refractivity contribution is 0.0911. The third-order valence-electron chi connectivity index (χ3n) is 3.06. The van der Waals surface area contributed by atoms with Crippen molar-refractivity contribution in [3.05, 3.63) is 35.4 Å². The van der Waals surface area contributed by atoms with Gasteiger partial charge in [-0.15, -0.1) is 0 Å². The van der Waals surface area contributed by atoms with Crippen molar-refractivity contribution in [3.63, 3.8) is 0 Å². The van der Waals surface area contributed by atoms with Crippen molar-refractivity contribution >= 4 is 5.78 Å². The van der Waals surface area contributed by atoms with Gasteiger partial charge in [0.25, 0.3) is 0 Å². The highest BCUT2D eigenvalue weighted by Crippen LogP contribution is 2.11. The number of hydrogen-bond donors (Lipinski definition) is 0. The van der Waals surface area contributed by atoms with Crippen molar-refractivity contribution in [3.8, 4) is 0 Å². The molecule has 0 unspecified atom stereocenters. The number of aryl methyl sites for hydroxylation is 1. The van der Waals surface area contributed by atoms with Crippen molar-refractivity contribution < 1.29 is 4.79 Å². The van der Waals surface area contributed by atoms with Crippen LogP contribution in [0.25, 0.3) is 0 Å². The predicted octanol–water partition coefficient (Wildman–Crippen LogP) is 3.79. The second-order valence-electron chi connectivity index (χ2n) is 6.22. The van der Waals surface area contributed by atoms with Crippen LogP contribution >= 0.6 is 0 Å². The normalized spacial score (nSPS) is 11.6. The summed E-state index contributed by atoms with van der Waals surface area (Å²) in [5, 5.41) is 0. The molecule has 0 N–H and O–H groups in total. The van der Waals surface area contributed by atoms with E-state index in [0.29, 0.717) is 18.4 Å². The van der Waals surface area contributed by atoms with Gasteiger partial charge in [-0.25, -0.2) is 0 Å². The van der Waals surface area contributed by atoms with Gasteiger partial charge in [0.2, 0.25) is 0 Å². The average molecular weight is 261 g/mol. The third kappa shape index (κ3) is 5.56. The maximum Gasteiger partial charge on any atom is 0.177 e. The Bertz CT molecular complexity index is 399. The summed E-state index contributed by atoms with van der Waals surface area (Å²) >= 11 is 0. The van der Waals surface area contributed by atoms with Crippen LogP contribution in [0.5, 0.6) is 0 Å². The van der Waals surface area contributed by atoms with E-state index in [9.17, 15) is 4.79 Å². The van der Waals surface area contributed by atoms with Gasteiger partial charge in [0, 0.05) is 18.7 Å². The topological polar surface area (TPSA) is 20.3 Å². The first-order valence-corrected chi connectivity index (χ1v) is 7.21. The van der Waals surface area contributed by atoms with E-state index < -0.39 is 0 Å². The van der Waals surface area contributed by atoms with Crippen molar-refractivity contribution in [1.29, 1.82) is 0 Å². The van der Waals surface area contributed by atoms with Crippen molar-refractivity contribution in [1.82, 2.24) is 4.90 Å². The van der Waals surface area contributed by atoms with Crippen LogP contribution in [0.3, 0.4) is 0 Å². The number of rotatable bonds is 7. The van der Waals surface area contributed by atoms with Crippen molar-refractivity contribution in [2.45, 2.75) is 34.6 Å². The van der Waals surface area contributed by atoms with Crippen LogP contribution in [0.1, 0.15) is 43.6 Å². The minimum absolute atomic E-state index is 0.236. The summed E-state index contributed by atoms with van der Waals surface area (Å²) in [6.45, 7) is 13.3. The van der Waals surface area contributed by atoms with E-state index in [4.69, 9.17) is 0 Å². The maximum absolute atomic E-state index is 12.4. The summed E-state index contributed by atoms with van der Waals surface area (Å²) in [6.07, 6.45) is 0. The molecule has 2 nitrogen and oxygen atoms in total. The number of nitrogens with zero attached hydrogens (tertiary/aromatic N) is 1. The SMILES string of the molecule is Cc1ccccc1C(=O)CN(CC(C)C)CC(C)C. The number of carbonyl (C=O) groups excluding carboxylic acids is 1. The van der Waals surface area contributed by atoms with Crippen molar-refractivity contribution in [2.24, 2.45) is 11.8 Å². The number of benzene rings is 1. The molecule has 1 aromatic carbocycles. The Morgan fingerprint density at radius 1 is 1.05 bits per heavy atom. The highest BCUT2D eigenvalue weighted by atomic mass is 16.1. The molecule has 0 saturated heterocycles. The first kappa shape index (κ1) is 15.9. The van der Waals surface area contributed by atoms with Crippen LogP contribution in [-0.4, -0.2) is 30.3 Å². The van der Waals surface area contributed by atoms with Crippen LogP contribution < -0.4 is 0 Å². The van der Waals surface area contributed by atoms with Crippen molar-refractivity contribution in [2.75, 3.05) is 19.6 Å². The van der Waals surface area contributed by atoms with E-state index in [1.54, 1.807) is 0 Å². The molecule has 0 bridgehead atoms. The maximum atomic E-state index is 12.4. The van der Waals surface area contributed by atoms with Crippen LogP contribution in [0.15, 0.2) is 24.3 Å². The number of Topliss-reactive ketones (excluding diaryl/α,β-unsaturated/α-hetero) is 1. The fourth-order valence-corrected chi connectivity index (χ4v) is 2.41. The molecule has 2 heteroatoms. The highest BCUT2D eigenvalue weighted by molar-refractivity contribution is 5.98. The largest absolute Gasteiger partial charge is 0.295 e. The molecule has 106 valence electrons. The summed E-state index contributed by atoms with van der Waals surface area (Å²) in [5.74, 6) is 1.41. The minimum Gasteiger partial charge on any atom is -0.295 e. The van der Waals surface area contributed by atoms with Gasteiger partial charge >= 0.3 is 0 Å². The van der Waals surface area contributed by atoms with Crippen LogP contribution in [0.4, 0.5) is 0 Å². The van der Waals surface area contributed by atoms with E-state index in [2.05, 4.69) is 32.6 Å². The third-order valence-corrected chi connectivity index (χ3v) is 3.06. The zero-order chi connectivity index (χ0) is 14.4. The molecule has 0 fully saturated rings. The van der Waals surface area contributed by atoms with Gasteiger partial charge < -0.3 is 0 Å². The van der Waals surface area contributed by atoms with Gasteiger partial charge in [-0.1, -0.05) is 52.0 Å². The lowest BCUT2D eigenvalue weighted by Gasteiger charge is -2.25. The molecule has 0 heterocycles. The molecule has 0 atom stereocenters. The first-order chi connectivity index (χ1) is 8.90. The highest BCUT2D eigenvalue weighted by Gasteiger charge is 2.16.